The van der Waals surface area contributed by atoms with Crippen molar-refractivity contribution in [3.8, 4) is 0 Å². The second-order valence-electron chi connectivity index (χ2n) is 11.4. The molecule has 0 heterocycles. The third kappa shape index (κ3) is 11.1. The summed E-state index contributed by atoms with van der Waals surface area (Å²) in [6.07, 6.45) is 0.403. The van der Waals surface area contributed by atoms with Gasteiger partial charge in [-0.3, -0.25) is 0 Å². The molecule has 0 aliphatic carbocycles. The molecule has 10 heteroatoms. The summed E-state index contributed by atoms with van der Waals surface area (Å²) >= 11 is 0. The third-order valence-electron chi connectivity index (χ3n) is 7.62. The van der Waals surface area contributed by atoms with E-state index in [-0.39, 0.29) is 37.4 Å². The van der Waals surface area contributed by atoms with Gasteiger partial charge in [0.1, 0.15) is 25.3 Å². The molecule has 0 aromatic heterocycles. The van der Waals surface area contributed by atoms with Crippen LogP contribution in [0, 0.1) is 0 Å². The first kappa shape index (κ1) is 34.9. The van der Waals surface area contributed by atoms with Gasteiger partial charge in [0.15, 0.2) is 0 Å². The summed E-state index contributed by atoms with van der Waals surface area (Å²) in [4.78, 5) is 52.9. The number of esters is 2. The number of hydrogen-bond donors (Lipinski definition) is 4. The maximum Gasteiger partial charge on any atom is 0.329 e. The second kappa shape index (κ2) is 18.2. The molecule has 4 amide bonds. The van der Waals surface area contributed by atoms with Crippen LogP contribution in [0.2, 0.25) is 0 Å². The van der Waals surface area contributed by atoms with E-state index in [9.17, 15) is 19.2 Å². The van der Waals surface area contributed by atoms with Crippen LogP contribution in [0.4, 0.5) is 21.0 Å². The van der Waals surface area contributed by atoms with Gasteiger partial charge in [-0.25, -0.2) is 19.2 Å². The minimum Gasteiger partial charge on any atom is -0.459 e. The lowest BCUT2D eigenvalue weighted by Crippen LogP contribution is -2.46. The molecular weight excluding hydrogens is 632 g/mol. The predicted molar refractivity (Wildman–Crippen MR) is 191 cm³/mol. The quantitative estimate of drug-likeness (QED) is 0.0979. The highest BCUT2D eigenvalue weighted by Crippen LogP contribution is 2.21. The first-order valence-corrected chi connectivity index (χ1v) is 16.2. The SMILES string of the molecule is O=C(Nc1ccccc1NC(=O)N[C@H](Cc1ccccc1)C(=O)OCc1ccccc1)N[C@H](Cc1ccccc1)C(=O)OCc1ccccc1. The Morgan fingerprint density at radius 2 is 0.720 bits per heavy atom. The fourth-order valence-corrected chi connectivity index (χ4v) is 5.08. The summed E-state index contributed by atoms with van der Waals surface area (Å²) in [6, 6.07) is 40.3. The number of urea groups is 2. The second-order valence-corrected chi connectivity index (χ2v) is 11.4. The number of carbonyl (C=O) groups is 4. The fraction of sp³-hybridized carbons (Fsp3) is 0.150. The van der Waals surface area contributed by atoms with E-state index >= 15 is 0 Å². The molecule has 0 aliphatic rings. The van der Waals surface area contributed by atoms with Crippen molar-refractivity contribution < 1.29 is 28.7 Å². The number of benzene rings is 5. The van der Waals surface area contributed by atoms with Gasteiger partial charge in [0.25, 0.3) is 0 Å². The van der Waals surface area contributed by atoms with Gasteiger partial charge < -0.3 is 30.7 Å². The summed E-state index contributed by atoms with van der Waals surface area (Å²) in [6.45, 7) is 0.113. The largest absolute Gasteiger partial charge is 0.459 e. The van der Waals surface area contributed by atoms with E-state index in [1.807, 2.05) is 121 Å². The van der Waals surface area contributed by atoms with Crippen LogP contribution in [0.1, 0.15) is 22.3 Å². The van der Waals surface area contributed by atoms with E-state index in [0.29, 0.717) is 0 Å². The molecule has 2 atom stereocenters. The zero-order valence-corrected chi connectivity index (χ0v) is 27.3. The number of carbonyl (C=O) groups excluding carboxylic acids is 4. The van der Waals surface area contributed by atoms with Crippen molar-refractivity contribution in [3.63, 3.8) is 0 Å². The van der Waals surface area contributed by atoms with Crippen molar-refractivity contribution in [2.24, 2.45) is 0 Å². The lowest BCUT2D eigenvalue weighted by Gasteiger charge is -2.20. The molecule has 254 valence electrons. The van der Waals surface area contributed by atoms with E-state index in [1.165, 1.54) is 0 Å². The van der Waals surface area contributed by atoms with Crippen molar-refractivity contribution in [3.05, 3.63) is 168 Å². The molecular formula is C40H38N4O6. The van der Waals surface area contributed by atoms with Crippen molar-refractivity contribution in [2.75, 3.05) is 10.6 Å². The molecule has 0 spiro atoms. The maximum atomic E-state index is 13.3. The summed E-state index contributed by atoms with van der Waals surface area (Å²) in [7, 11) is 0. The number of anilines is 2. The van der Waals surface area contributed by atoms with E-state index in [1.54, 1.807) is 24.3 Å². The highest BCUT2D eigenvalue weighted by Gasteiger charge is 2.25. The monoisotopic (exact) mass is 670 g/mol. The van der Waals surface area contributed by atoms with Crippen LogP contribution in [0.3, 0.4) is 0 Å². The molecule has 50 heavy (non-hydrogen) atoms. The van der Waals surface area contributed by atoms with Crippen LogP contribution in [0.25, 0.3) is 0 Å². The summed E-state index contributed by atoms with van der Waals surface area (Å²) in [5.41, 5.74) is 3.83. The number of rotatable bonds is 14. The lowest BCUT2D eigenvalue weighted by molar-refractivity contribution is -0.148. The Hall–Kier alpha value is -6.42. The normalized spacial score (nSPS) is 11.7. The first-order chi connectivity index (χ1) is 24.4. The van der Waals surface area contributed by atoms with Crippen molar-refractivity contribution in [1.29, 1.82) is 0 Å². The summed E-state index contributed by atoms with van der Waals surface area (Å²) < 4.78 is 11.1. The maximum absolute atomic E-state index is 13.3. The standard InChI is InChI=1S/C40H38N4O6/c45-37(49-27-31-19-9-3-10-20-31)35(25-29-15-5-1-6-16-29)43-39(47)41-33-23-13-14-24-34(33)42-40(48)44-36(26-30-17-7-2-8-18-30)38(46)50-28-32-21-11-4-12-22-32/h1-24,35-36H,25-28H2,(H2,41,43,47)(H2,42,44,48)/t35-,36-/m1/s1. The minimum absolute atomic E-state index is 0.0567. The van der Waals surface area contributed by atoms with Gasteiger partial charge in [-0.1, -0.05) is 133 Å². The molecule has 0 radical (unpaired) electrons. The van der Waals surface area contributed by atoms with Crippen LogP contribution in [0.15, 0.2) is 146 Å². The van der Waals surface area contributed by atoms with Crippen LogP contribution in [-0.2, 0) is 45.1 Å². The van der Waals surface area contributed by atoms with Gasteiger partial charge in [0.05, 0.1) is 11.4 Å². The van der Waals surface area contributed by atoms with Gasteiger partial charge in [-0.15, -0.1) is 0 Å². The molecule has 5 rings (SSSR count). The molecule has 0 bridgehead atoms. The average molecular weight is 671 g/mol. The van der Waals surface area contributed by atoms with Crippen molar-refractivity contribution in [2.45, 2.75) is 38.1 Å². The summed E-state index contributed by atoms with van der Waals surface area (Å²) in [5.74, 6) is -1.19. The third-order valence-corrected chi connectivity index (χ3v) is 7.62. The molecule has 0 saturated heterocycles. The van der Waals surface area contributed by atoms with Crippen LogP contribution in [-0.4, -0.2) is 36.1 Å². The van der Waals surface area contributed by atoms with Crippen molar-refractivity contribution in [1.82, 2.24) is 10.6 Å². The smallest absolute Gasteiger partial charge is 0.329 e. The minimum atomic E-state index is -0.995. The molecule has 5 aromatic carbocycles. The van der Waals surface area contributed by atoms with E-state index in [2.05, 4.69) is 21.3 Å². The Bertz CT molecular complexity index is 1700. The van der Waals surface area contributed by atoms with Crippen LogP contribution >= 0.6 is 0 Å². The number of nitrogens with one attached hydrogen (secondary N) is 4. The Morgan fingerprint density at radius 1 is 0.420 bits per heavy atom. The van der Waals surface area contributed by atoms with Crippen LogP contribution in [0.5, 0.6) is 0 Å². The van der Waals surface area contributed by atoms with Gasteiger partial charge >= 0.3 is 24.0 Å². The number of hydrogen-bond acceptors (Lipinski definition) is 6. The molecule has 0 fully saturated rings. The molecule has 5 aromatic rings. The molecule has 10 nitrogen and oxygen atoms in total. The van der Waals surface area contributed by atoms with E-state index in [4.69, 9.17) is 9.47 Å². The summed E-state index contributed by atoms with van der Waals surface area (Å²) in [5, 5.41) is 10.9. The van der Waals surface area contributed by atoms with Gasteiger partial charge in [0, 0.05) is 12.8 Å². The highest BCUT2D eigenvalue weighted by molar-refractivity contribution is 6.00. The van der Waals surface area contributed by atoms with Gasteiger partial charge in [0.2, 0.25) is 0 Å². The number of amides is 4. The van der Waals surface area contributed by atoms with E-state index < -0.39 is 36.1 Å². The zero-order valence-electron chi connectivity index (χ0n) is 27.3. The Balaban J connectivity index is 1.23. The van der Waals surface area contributed by atoms with E-state index in [0.717, 1.165) is 22.3 Å². The highest BCUT2D eigenvalue weighted by atomic mass is 16.5. The van der Waals surface area contributed by atoms with Gasteiger partial charge in [-0.05, 0) is 34.4 Å². The number of ether oxygens (including phenoxy) is 2. The zero-order chi connectivity index (χ0) is 35.0. The average Bonchev–Trinajstić information content (AvgIpc) is 3.15. The lowest BCUT2D eigenvalue weighted by atomic mass is 10.1. The Morgan fingerprint density at radius 3 is 1.06 bits per heavy atom. The Kier molecular flexibility index (Phi) is 12.7. The topological polar surface area (TPSA) is 135 Å². The number of para-hydroxylation sites is 2. The van der Waals surface area contributed by atoms with Gasteiger partial charge in [-0.2, -0.15) is 0 Å². The molecule has 0 unspecified atom stereocenters. The Labute approximate surface area is 290 Å². The first-order valence-electron chi connectivity index (χ1n) is 16.2. The predicted octanol–water partition coefficient (Wildman–Crippen LogP) is 6.64. The van der Waals surface area contributed by atoms with Crippen LogP contribution < -0.4 is 21.3 Å². The molecule has 4 N–H and O–H groups in total. The molecule has 0 saturated carbocycles. The fourth-order valence-electron chi connectivity index (χ4n) is 5.08. The molecule has 0 aliphatic heterocycles. The van der Waals surface area contributed by atoms with Crippen molar-refractivity contribution >= 4 is 35.4 Å².